The van der Waals surface area contributed by atoms with E-state index in [-0.39, 0.29) is 6.29 Å². The number of ether oxygens (including phenoxy) is 2. The summed E-state index contributed by atoms with van der Waals surface area (Å²) in [6.07, 6.45) is 2.57. The molecule has 1 aliphatic rings. The SMILES string of the molecule is CC(C)CCCOC1CO1. The second kappa shape index (κ2) is 3.94. The first-order valence-corrected chi connectivity index (χ1v) is 4.02. The molecule has 0 bridgehead atoms. The number of hydrogen-bond acceptors (Lipinski definition) is 2. The maximum absolute atomic E-state index is 5.28. The number of epoxide rings is 1. The average molecular weight is 144 g/mol. The second-order valence-corrected chi connectivity index (χ2v) is 3.17. The standard InChI is InChI=1S/C8H16O2/c1-7(2)4-3-5-9-8-6-10-8/h7-8H,3-6H2,1-2H3. The largest absolute Gasteiger partial charge is 0.350 e. The van der Waals surface area contributed by atoms with Crippen molar-refractivity contribution in [3.63, 3.8) is 0 Å². The molecule has 1 rings (SSSR count). The first kappa shape index (κ1) is 8.02. The van der Waals surface area contributed by atoms with Gasteiger partial charge >= 0.3 is 0 Å². The van der Waals surface area contributed by atoms with E-state index < -0.39 is 0 Å². The predicted molar refractivity (Wildman–Crippen MR) is 39.8 cm³/mol. The van der Waals surface area contributed by atoms with Crippen LogP contribution in [0.4, 0.5) is 0 Å². The quantitative estimate of drug-likeness (QED) is 0.433. The molecule has 0 amide bonds. The molecule has 0 aromatic rings. The summed E-state index contributed by atoms with van der Waals surface area (Å²) in [5, 5.41) is 0. The van der Waals surface area contributed by atoms with Crippen molar-refractivity contribution in [1.29, 1.82) is 0 Å². The van der Waals surface area contributed by atoms with Crippen LogP contribution in [0.2, 0.25) is 0 Å². The maximum Gasteiger partial charge on any atom is 0.181 e. The zero-order valence-corrected chi connectivity index (χ0v) is 6.80. The number of hydrogen-bond donors (Lipinski definition) is 0. The lowest BCUT2D eigenvalue weighted by molar-refractivity contribution is 0.0468. The van der Waals surface area contributed by atoms with Crippen LogP contribution in [-0.4, -0.2) is 19.5 Å². The van der Waals surface area contributed by atoms with Crippen LogP contribution in [0.3, 0.4) is 0 Å². The van der Waals surface area contributed by atoms with E-state index in [0.29, 0.717) is 0 Å². The van der Waals surface area contributed by atoms with Crippen molar-refractivity contribution >= 4 is 0 Å². The van der Waals surface area contributed by atoms with Crippen molar-refractivity contribution in [3.8, 4) is 0 Å². The van der Waals surface area contributed by atoms with E-state index in [1.165, 1.54) is 6.42 Å². The first-order chi connectivity index (χ1) is 4.79. The van der Waals surface area contributed by atoms with Gasteiger partial charge in [-0.05, 0) is 18.8 Å². The van der Waals surface area contributed by atoms with Crippen LogP contribution in [0.1, 0.15) is 26.7 Å². The Morgan fingerprint density at radius 3 is 2.80 bits per heavy atom. The monoisotopic (exact) mass is 144 g/mol. The van der Waals surface area contributed by atoms with E-state index in [4.69, 9.17) is 9.47 Å². The Labute approximate surface area is 62.5 Å². The lowest BCUT2D eigenvalue weighted by Gasteiger charge is -2.02. The van der Waals surface area contributed by atoms with Crippen LogP contribution < -0.4 is 0 Å². The van der Waals surface area contributed by atoms with E-state index >= 15 is 0 Å². The molecule has 0 aromatic carbocycles. The van der Waals surface area contributed by atoms with E-state index in [9.17, 15) is 0 Å². The second-order valence-electron chi connectivity index (χ2n) is 3.17. The van der Waals surface area contributed by atoms with E-state index in [1.54, 1.807) is 0 Å². The van der Waals surface area contributed by atoms with Gasteiger partial charge < -0.3 is 9.47 Å². The molecule has 1 saturated heterocycles. The van der Waals surface area contributed by atoms with Gasteiger partial charge in [-0.3, -0.25) is 0 Å². The van der Waals surface area contributed by atoms with Gasteiger partial charge in [0.05, 0.1) is 0 Å². The Balaban J connectivity index is 1.76. The Morgan fingerprint density at radius 1 is 1.60 bits per heavy atom. The summed E-state index contributed by atoms with van der Waals surface area (Å²) in [6, 6.07) is 0. The fraction of sp³-hybridized carbons (Fsp3) is 1.00. The average Bonchev–Trinajstić information content (AvgIpc) is 2.62. The lowest BCUT2D eigenvalue weighted by atomic mass is 10.1. The van der Waals surface area contributed by atoms with Gasteiger partial charge in [0, 0.05) is 6.61 Å². The molecule has 0 saturated carbocycles. The minimum Gasteiger partial charge on any atom is -0.350 e. The first-order valence-electron chi connectivity index (χ1n) is 4.02. The third-order valence-corrected chi connectivity index (χ3v) is 1.53. The fourth-order valence-corrected chi connectivity index (χ4v) is 0.842. The van der Waals surface area contributed by atoms with Gasteiger partial charge in [-0.15, -0.1) is 0 Å². The topological polar surface area (TPSA) is 21.8 Å². The zero-order chi connectivity index (χ0) is 7.40. The Kier molecular flexibility index (Phi) is 3.16. The minimum absolute atomic E-state index is 0.146. The molecular weight excluding hydrogens is 128 g/mol. The molecule has 60 valence electrons. The summed E-state index contributed by atoms with van der Waals surface area (Å²) in [5.41, 5.74) is 0. The third-order valence-electron chi connectivity index (χ3n) is 1.53. The third kappa shape index (κ3) is 3.85. The van der Waals surface area contributed by atoms with Crippen molar-refractivity contribution in [3.05, 3.63) is 0 Å². The highest BCUT2D eigenvalue weighted by Crippen LogP contribution is 2.11. The fourth-order valence-electron chi connectivity index (χ4n) is 0.842. The normalized spacial score (nSPS) is 23.7. The van der Waals surface area contributed by atoms with Gasteiger partial charge in [-0.25, -0.2) is 0 Å². The van der Waals surface area contributed by atoms with E-state index in [0.717, 1.165) is 25.6 Å². The molecule has 0 spiro atoms. The molecule has 10 heavy (non-hydrogen) atoms. The van der Waals surface area contributed by atoms with Gasteiger partial charge in [0.2, 0.25) is 0 Å². The van der Waals surface area contributed by atoms with Crippen LogP contribution >= 0.6 is 0 Å². The van der Waals surface area contributed by atoms with E-state index in [2.05, 4.69) is 13.8 Å². The van der Waals surface area contributed by atoms with Gasteiger partial charge in [-0.1, -0.05) is 13.8 Å². The minimum atomic E-state index is 0.146. The van der Waals surface area contributed by atoms with Crippen LogP contribution in [0, 0.1) is 5.92 Å². The molecule has 1 heterocycles. The molecular formula is C8H16O2. The lowest BCUT2D eigenvalue weighted by Crippen LogP contribution is -1.99. The number of rotatable bonds is 5. The molecule has 1 unspecified atom stereocenters. The molecule has 0 aromatic heterocycles. The van der Waals surface area contributed by atoms with Crippen molar-refractivity contribution in [1.82, 2.24) is 0 Å². The molecule has 2 nitrogen and oxygen atoms in total. The summed E-state index contributed by atoms with van der Waals surface area (Å²) in [4.78, 5) is 0. The summed E-state index contributed by atoms with van der Waals surface area (Å²) >= 11 is 0. The van der Waals surface area contributed by atoms with Gasteiger partial charge in [0.25, 0.3) is 0 Å². The van der Waals surface area contributed by atoms with Crippen molar-refractivity contribution in [2.24, 2.45) is 5.92 Å². The van der Waals surface area contributed by atoms with Crippen LogP contribution in [0.15, 0.2) is 0 Å². The van der Waals surface area contributed by atoms with Crippen molar-refractivity contribution in [2.45, 2.75) is 33.0 Å². The zero-order valence-electron chi connectivity index (χ0n) is 6.80. The molecule has 0 aliphatic carbocycles. The van der Waals surface area contributed by atoms with Crippen molar-refractivity contribution in [2.75, 3.05) is 13.2 Å². The van der Waals surface area contributed by atoms with Crippen LogP contribution in [-0.2, 0) is 9.47 Å². The Bertz CT molecular complexity index is 83.3. The summed E-state index contributed by atoms with van der Waals surface area (Å²) in [7, 11) is 0. The highest BCUT2D eigenvalue weighted by atomic mass is 16.8. The molecule has 1 aliphatic heterocycles. The molecule has 0 radical (unpaired) electrons. The smallest absolute Gasteiger partial charge is 0.181 e. The van der Waals surface area contributed by atoms with E-state index in [1.807, 2.05) is 0 Å². The van der Waals surface area contributed by atoms with Crippen molar-refractivity contribution < 1.29 is 9.47 Å². The Hall–Kier alpha value is -0.0800. The predicted octanol–water partition coefficient (Wildman–Crippen LogP) is 1.80. The summed E-state index contributed by atoms with van der Waals surface area (Å²) in [6.45, 7) is 6.13. The van der Waals surface area contributed by atoms with Gasteiger partial charge in [-0.2, -0.15) is 0 Å². The highest BCUT2D eigenvalue weighted by molar-refractivity contribution is 4.55. The molecule has 1 fully saturated rings. The highest BCUT2D eigenvalue weighted by Gasteiger charge is 2.22. The summed E-state index contributed by atoms with van der Waals surface area (Å²) < 4.78 is 10.2. The Morgan fingerprint density at radius 2 is 2.30 bits per heavy atom. The maximum atomic E-state index is 5.28. The molecule has 0 N–H and O–H groups in total. The summed E-state index contributed by atoms with van der Waals surface area (Å²) in [5.74, 6) is 0.795. The van der Waals surface area contributed by atoms with Crippen LogP contribution in [0.25, 0.3) is 0 Å². The van der Waals surface area contributed by atoms with Gasteiger partial charge in [0.15, 0.2) is 6.29 Å². The molecule has 1 atom stereocenters. The molecule has 2 heteroatoms. The van der Waals surface area contributed by atoms with Crippen LogP contribution in [0.5, 0.6) is 0 Å². The van der Waals surface area contributed by atoms with Gasteiger partial charge in [0.1, 0.15) is 6.61 Å².